The fraction of sp³-hybridized carbons (Fsp3) is 0.600. The molecule has 0 spiro atoms. The van der Waals surface area contributed by atoms with E-state index in [0.29, 0.717) is 6.54 Å². The van der Waals surface area contributed by atoms with Crippen LogP contribution in [-0.4, -0.2) is 24.9 Å². The van der Waals surface area contributed by atoms with Crippen molar-refractivity contribution in [3.05, 3.63) is 0 Å². The van der Waals surface area contributed by atoms with Crippen LogP contribution in [0.5, 0.6) is 0 Å². The first-order chi connectivity index (χ1) is 4.63. The number of nitrogens with two attached hydrogens (primary N) is 2. The molecule has 5 nitrogen and oxygen atoms in total. The van der Waals surface area contributed by atoms with Gasteiger partial charge in [-0.05, 0) is 0 Å². The Hall–Kier alpha value is -1.10. The van der Waals surface area contributed by atoms with Gasteiger partial charge < -0.3 is 16.8 Å². The lowest BCUT2D eigenvalue weighted by atomic mass is 10.4. The summed E-state index contributed by atoms with van der Waals surface area (Å²) in [6, 6.07) is 0. The summed E-state index contributed by atoms with van der Waals surface area (Å²) < 4.78 is 0. The Morgan fingerprint density at radius 1 is 1.20 bits per heavy atom. The highest BCUT2D eigenvalue weighted by atomic mass is 16.1. The summed E-state index contributed by atoms with van der Waals surface area (Å²) >= 11 is 0. The van der Waals surface area contributed by atoms with Crippen LogP contribution in [0.2, 0.25) is 0 Å². The normalized spacial score (nSPS) is 9.20. The molecular weight excluding hydrogens is 134 g/mol. The zero-order valence-electron chi connectivity index (χ0n) is 5.59. The first kappa shape index (κ1) is 8.90. The van der Waals surface area contributed by atoms with E-state index >= 15 is 0 Å². The summed E-state index contributed by atoms with van der Waals surface area (Å²) in [4.78, 5) is 20.2. The third-order valence-corrected chi connectivity index (χ3v) is 0.847. The van der Waals surface area contributed by atoms with Crippen LogP contribution in [0.15, 0.2) is 0 Å². The number of hydrogen-bond acceptors (Lipinski definition) is 3. The van der Waals surface area contributed by atoms with Gasteiger partial charge in [0.05, 0.1) is 6.54 Å². The molecule has 0 aliphatic rings. The van der Waals surface area contributed by atoms with E-state index < -0.39 is 11.8 Å². The zero-order valence-corrected chi connectivity index (χ0v) is 5.59. The maximum atomic E-state index is 10.1. The molecule has 0 aliphatic carbocycles. The highest BCUT2D eigenvalue weighted by Crippen LogP contribution is 1.70. The Morgan fingerprint density at radius 3 is 2.20 bits per heavy atom. The van der Waals surface area contributed by atoms with Gasteiger partial charge in [-0.3, -0.25) is 9.59 Å². The predicted molar refractivity (Wildman–Crippen MR) is 35.9 cm³/mol. The summed E-state index contributed by atoms with van der Waals surface area (Å²) in [5.74, 6) is -0.832. The van der Waals surface area contributed by atoms with Crippen LogP contribution < -0.4 is 16.8 Å². The lowest BCUT2D eigenvalue weighted by Crippen LogP contribution is -2.30. The summed E-state index contributed by atoms with van der Waals surface area (Å²) in [5, 5.41) is 2.64. The maximum Gasteiger partial charge on any atom is 0.231 e. The average molecular weight is 145 g/mol. The molecule has 0 heterocycles. The first-order valence-electron chi connectivity index (χ1n) is 2.90. The molecule has 0 aliphatic heterocycles. The average Bonchev–Trinajstić information content (AvgIpc) is 1.79. The van der Waals surface area contributed by atoms with Gasteiger partial charge in [-0.25, -0.2) is 0 Å². The van der Waals surface area contributed by atoms with Crippen LogP contribution in [-0.2, 0) is 9.59 Å². The second-order valence-electron chi connectivity index (χ2n) is 1.86. The number of hydrogen-bond donors (Lipinski definition) is 3. The monoisotopic (exact) mass is 145 g/mol. The Kier molecular flexibility index (Phi) is 4.23. The Morgan fingerprint density at radius 2 is 1.80 bits per heavy atom. The van der Waals surface area contributed by atoms with Crippen molar-refractivity contribution < 1.29 is 9.59 Å². The molecule has 5 N–H and O–H groups in total. The first-order valence-corrected chi connectivity index (χ1v) is 2.90. The molecule has 10 heavy (non-hydrogen) atoms. The standard InChI is InChI=1S/C5H11N3O2/c6-4(9)1-2-8-3-5(7)10/h8H,1-3H2,(H2,6,9)(H2,7,10). The lowest BCUT2D eigenvalue weighted by molar-refractivity contribution is -0.119. The van der Waals surface area contributed by atoms with E-state index in [1.807, 2.05) is 0 Å². The van der Waals surface area contributed by atoms with E-state index in [1.165, 1.54) is 0 Å². The molecule has 0 radical (unpaired) electrons. The van der Waals surface area contributed by atoms with Gasteiger partial charge in [0, 0.05) is 13.0 Å². The van der Waals surface area contributed by atoms with Gasteiger partial charge in [-0.2, -0.15) is 0 Å². The van der Waals surface area contributed by atoms with Crippen LogP contribution in [0.3, 0.4) is 0 Å². The van der Waals surface area contributed by atoms with Gasteiger partial charge in [0.15, 0.2) is 0 Å². The van der Waals surface area contributed by atoms with E-state index in [2.05, 4.69) is 5.32 Å². The second-order valence-corrected chi connectivity index (χ2v) is 1.86. The van der Waals surface area contributed by atoms with Crippen LogP contribution >= 0.6 is 0 Å². The van der Waals surface area contributed by atoms with Crippen molar-refractivity contribution in [3.8, 4) is 0 Å². The minimum absolute atomic E-state index is 0.0906. The quantitative estimate of drug-likeness (QED) is 0.388. The van der Waals surface area contributed by atoms with Gasteiger partial charge in [0.2, 0.25) is 11.8 Å². The Balaban J connectivity index is 3.06. The number of rotatable bonds is 5. The SMILES string of the molecule is NC(=O)CCNCC(N)=O. The molecule has 0 unspecified atom stereocenters. The minimum atomic E-state index is -0.440. The third kappa shape index (κ3) is 6.90. The van der Waals surface area contributed by atoms with Crippen molar-refractivity contribution >= 4 is 11.8 Å². The van der Waals surface area contributed by atoms with Crippen molar-refractivity contribution in [2.45, 2.75) is 6.42 Å². The van der Waals surface area contributed by atoms with E-state index in [4.69, 9.17) is 11.5 Å². The number of amides is 2. The van der Waals surface area contributed by atoms with Crippen LogP contribution in [0, 0.1) is 0 Å². The second kappa shape index (κ2) is 4.75. The van der Waals surface area contributed by atoms with Crippen molar-refractivity contribution in [2.75, 3.05) is 13.1 Å². The lowest BCUT2D eigenvalue weighted by Gasteiger charge is -1.97. The number of primary amides is 2. The van der Waals surface area contributed by atoms with E-state index in [0.717, 1.165) is 0 Å². The van der Waals surface area contributed by atoms with Gasteiger partial charge in [0.1, 0.15) is 0 Å². The number of carbonyl (C=O) groups excluding carboxylic acids is 2. The molecular formula is C5H11N3O2. The summed E-state index contributed by atoms with van der Waals surface area (Å²) in [5.41, 5.74) is 9.61. The number of carbonyl (C=O) groups is 2. The van der Waals surface area contributed by atoms with Gasteiger partial charge in [0.25, 0.3) is 0 Å². The Bertz CT molecular complexity index is 119. The van der Waals surface area contributed by atoms with Crippen molar-refractivity contribution in [2.24, 2.45) is 11.5 Å². The molecule has 5 heteroatoms. The molecule has 58 valence electrons. The molecule has 2 amide bonds. The molecule has 0 aromatic heterocycles. The molecule has 0 bridgehead atoms. The summed E-state index contributed by atoms with van der Waals surface area (Å²) in [7, 11) is 0. The molecule has 0 saturated heterocycles. The Labute approximate surface area is 58.8 Å². The van der Waals surface area contributed by atoms with Gasteiger partial charge >= 0.3 is 0 Å². The van der Waals surface area contributed by atoms with Crippen LogP contribution in [0.1, 0.15) is 6.42 Å². The molecule has 0 rings (SSSR count). The predicted octanol–water partition coefficient (Wildman–Crippen LogP) is -2.06. The molecule has 0 saturated carbocycles. The largest absolute Gasteiger partial charge is 0.370 e. The zero-order chi connectivity index (χ0) is 7.98. The molecule has 0 aromatic rings. The fourth-order valence-corrected chi connectivity index (χ4v) is 0.423. The van der Waals surface area contributed by atoms with E-state index in [1.54, 1.807) is 0 Å². The molecule has 0 atom stereocenters. The summed E-state index contributed by atoms with van der Waals surface area (Å²) in [6.45, 7) is 0.492. The van der Waals surface area contributed by atoms with Crippen molar-refractivity contribution in [3.63, 3.8) is 0 Å². The van der Waals surface area contributed by atoms with Gasteiger partial charge in [-0.1, -0.05) is 0 Å². The topological polar surface area (TPSA) is 98.2 Å². The third-order valence-electron chi connectivity index (χ3n) is 0.847. The molecule has 0 aromatic carbocycles. The minimum Gasteiger partial charge on any atom is -0.370 e. The highest BCUT2D eigenvalue weighted by Gasteiger charge is 1.94. The fourth-order valence-electron chi connectivity index (χ4n) is 0.423. The smallest absolute Gasteiger partial charge is 0.231 e. The van der Waals surface area contributed by atoms with Crippen LogP contribution in [0.4, 0.5) is 0 Å². The van der Waals surface area contributed by atoms with Gasteiger partial charge in [-0.15, -0.1) is 0 Å². The van der Waals surface area contributed by atoms with Crippen LogP contribution in [0.25, 0.3) is 0 Å². The van der Waals surface area contributed by atoms with E-state index in [9.17, 15) is 9.59 Å². The highest BCUT2D eigenvalue weighted by molar-refractivity contribution is 5.76. The van der Waals surface area contributed by atoms with Crippen molar-refractivity contribution in [1.29, 1.82) is 0 Å². The number of nitrogens with one attached hydrogen (secondary N) is 1. The molecule has 0 fully saturated rings. The summed E-state index contributed by atoms with van der Waals surface area (Å²) in [6.07, 6.45) is 0.229. The van der Waals surface area contributed by atoms with Crippen molar-refractivity contribution in [1.82, 2.24) is 5.32 Å². The maximum absolute atomic E-state index is 10.1. The van der Waals surface area contributed by atoms with E-state index in [-0.39, 0.29) is 13.0 Å².